The highest BCUT2D eigenvalue weighted by atomic mass is 16.7. The van der Waals surface area contributed by atoms with Gasteiger partial charge in [-0.15, -0.1) is 0 Å². The summed E-state index contributed by atoms with van der Waals surface area (Å²) in [5.41, 5.74) is 6.94. The quantitative estimate of drug-likeness (QED) is 0.911. The Morgan fingerprint density at radius 1 is 1.04 bits per heavy atom. The van der Waals surface area contributed by atoms with Crippen molar-refractivity contribution in [2.75, 3.05) is 13.1 Å². The van der Waals surface area contributed by atoms with Crippen LogP contribution >= 0.6 is 0 Å². The predicted molar refractivity (Wildman–Crippen MR) is 105 cm³/mol. The first kappa shape index (κ1) is 17.7. The highest BCUT2D eigenvalue weighted by molar-refractivity contribution is 5.99. The minimum atomic E-state index is -0.555. The molecule has 1 amide bonds. The Hall–Kier alpha value is -2.66. The Morgan fingerprint density at radius 2 is 1.63 bits per heavy atom. The Labute approximate surface area is 160 Å². The van der Waals surface area contributed by atoms with Gasteiger partial charge in [0.1, 0.15) is 0 Å². The van der Waals surface area contributed by atoms with Crippen LogP contribution in [0.3, 0.4) is 0 Å². The number of nitrogens with one attached hydrogen (secondary N) is 1. The fourth-order valence-corrected chi connectivity index (χ4v) is 3.54. The zero-order valence-corrected chi connectivity index (χ0v) is 15.9. The smallest absolute Gasteiger partial charge is 0.226 e. The van der Waals surface area contributed by atoms with Crippen LogP contribution in [0.5, 0.6) is 0 Å². The van der Waals surface area contributed by atoms with Crippen molar-refractivity contribution in [1.29, 1.82) is 0 Å². The van der Waals surface area contributed by atoms with Gasteiger partial charge < -0.3 is 4.90 Å². The summed E-state index contributed by atoms with van der Waals surface area (Å²) in [6.45, 7) is 5.44. The van der Waals surface area contributed by atoms with Gasteiger partial charge in [0.05, 0.1) is 6.42 Å². The van der Waals surface area contributed by atoms with E-state index < -0.39 is 5.72 Å². The predicted octanol–water partition coefficient (Wildman–Crippen LogP) is 3.15. The van der Waals surface area contributed by atoms with Crippen LogP contribution in [0.15, 0.2) is 53.5 Å². The van der Waals surface area contributed by atoms with Crippen LogP contribution in [0, 0.1) is 13.8 Å². The van der Waals surface area contributed by atoms with Crippen LogP contribution in [0.2, 0.25) is 0 Å². The molecule has 1 N–H and O–H groups in total. The third kappa shape index (κ3) is 3.88. The van der Waals surface area contributed by atoms with Gasteiger partial charge >= 0.3 is 0 Å². The minimum Gasteiger partial charge on any atom is -0.342 e. The molecule has 0 aromatic heterocycles. The van der Waals surface area contributed by atoms with Gasteiger partial charge in [-0.1, -0.05) is 59.7 Å². The van der Waals surface area contributed by atoms with E-state index in [1.165, 1.54) is 11.1 Å². The Morgan fingerprint density at radius 3 is 2.26 bits per heavy atom. The number of hydrogen-bond acceptors (Lipinski definition) is 4. The highest BCUT2D eigenvalue weighted by Gasteiger charge is 2.41. The van der Waals surface area contributed by atoms with Crippen LogP contribution < -0.4 is 5.48 Å². The van der Waals surface area contributed by atoms with Crippen LogP contribution in [-0.2, 0) is 16.1 Å². The lowest BCUT2D eigenvalue weighted by Crippen LogP contribution is -2.47. The summed E-state index contributed by atoms with van der Waals surface area (Å²) in [5.74, 6) is 0.942. The van der Waals surface area contributed by atoms with Crippen molar-refractivity contribution < 1.29 is 9.63 Å². The molecule has 2 aliphatic rings. The van der Waals surface area contributed by atoms with Gasteiger partial charge in [0, 0.05) is 31.5 Å². The second-order valence-electron chi connectivity index (χ2n) is 7.52. The molecule has 1 saturated heterocycles. The molecule has 0 atom stereocenters. The van der Waals surface area contributed by atoms with Gasteiger partial charge in [-0.25, -0.2) is 15.3 Å². The number of rotatable bonds is 3. The summed E-state index contributed by atoms with van der Waals surface area (Å²) >= 11 is 0. The van der Waals surface area contributed by atoms with Gasteiger partial charge in [-0.2, -0.15) is 0 Å². The normalized spacial score (nSPS) is 18.3. The molecule has 2 aromatic rings. The number of hydroxylamine groups is 1. The number of hydrogen-bond donors (Lipinski definition) is 1. The van der Waals surface area contributed by atoms with E-state index in [2.05, 4.69) is 31.5 Å². The van der Waals surface area contributed by atoms with Crippen LogP contribution in [0.1, 0.15) is 35.1 Å². The number of aliphatic imine (C=N–C) groups is 1. The number of aryl methyl sites for hydroxylation is 2. The molecule has 2 aromatic carbocycles. The first-order valence-corrected chi connectivity index (χ1v) is 9.47. The van der Waals surface area contributed by atoms with E-state index in [9.17, 15) is 4.79 Å². The van der Waals surface area contributed by atoms with Crippen molar-refractivity contribution in [2.24, 2.45) is 4.99 Å². The maximum atomic E-state index is 12.6. The van der Waals surface area contributed by atoms with E-state index in [4.69, 9.17) is 9.83 Å². The lowest BCUT2D eigenvalue weighted by Gasteiger charge is -2.35. The van der Waals surface area contributed by atoms with E-state index in [1.807, 2.05) is 41.3 Å². The van der Waals surface area contributed by atoms with Crippen molar-refractivity contribution in [1.82, 2.24) is 10.4 Å². The fourth-order valence-electron chi connectivity index (χ4n) is 3.54. The third-order valence-electron chi connectivity index (χ3n) is 5.35. The topological polar surface area (TPSA) is 53.9 Å². The zero-order valence-electron chi connectivity index (χ0n) is 15.9. The summed E-state index contributed by atoms with van der Waals surface area (Å²) in [6.07, 6.45) is 1.86. The molecule has 27 heavy (non-hydrogen) atoms. The molecule has 0 saturated carbocycles. The first-order valence-electron chi connectivity index (χ1n) is 9.47. The lowest BCUT2D eigenvalue weighted by molar-refractivity contribution is -0.138. The molecule has 0 radical (unpaired) electrons. The molecule has 0 aliphatic carbocycles. The van der Waals surface area contributed by atoms with Crippen molar-refractivity contribution in [3.63, 3.8) is 0 Å². The van der Waals surface area contributed by atoms with Gasteiger partial charge in [-0.05, 0) is 19.4 Å². The van der Waals surface area contributed by atoms with Crippen LogP contribution in [0.4, 0.5) is 0 Å². The Balaban J connectivity index is 1.37. The maximum absolute atomic E-state index is 12.6. The SMILES string of the molecule is Cc1ccc(CC(=O)N2CCC3(CC2)N=C(c2ccc(C)cc2)NO3)cc1. The average Bonchev–Trinajstić information content (AvgIpc) is 3.08. The summed E-state index contributed by atoms with van der Waals surface area (Å²) in [7, 11) is 0. The standard InChI is InChI=1S/C22H25N3O2/c1-16-3-7-18(8-4-16)15-20(26)25-13-11-22(12-14-25)23-21(24-27-22)19-9-5-17(2)6-10-19/h3-10H,11-15H2,1-2H3,(H,23,24). The summed E-state index contributed by atoms with van der Waals surface area (Å²) in [6, 6.07) is 16.4. The van der Waals surface area contributed by atoms with E-state index in [0.29, 0.717) is 32.4 Å². The molecule has 0 bridgehead atoms. The minimum absolute atomic E-state index is 0.169. The molecule has 4 rings (SSSR count). The molecule has 5 nitrogen and oxygen atoms in total. The van der Waals surface area contributed by atoms with Gasteiger partial charge in [-0.3, -0.25) is 4.79 Å². The fraction of sp³-hybridized carbons (Fsp3) is 0.364. The number of benzene rings is 2. The van der Waals surface area contributed by atoms with E-state index >= 15 is 0 Å². The summed E-state index contributed by atoms with van der Waals surface area (Å²) in [5, 5.41) is 0. The molecule has 2 aliphatic heterocycles. The monoisotopic (exact) mass is 363 g/mol. The molecule has 0 unspecified atom stereocenters. The third-order valence-corrected chi connectivity index (χ3v) is 5.35. The van der Waals surface area contributed by atoms with Crippen molar-refractivity contribution in [2.45, 2.75) is 38.8 Å². The molecular weight excluding hydrogens is 338 g/mol. The number of amides is 1. The van der Waals surface area contributed by atoms with Crippen LogP contribution in [0.25, 0.3) is 0 Å². The first-order chi connectivity index (χ1) is 13.0. The number of likely N-dealkylation sites (tertiary alicyclic amines) is 1. The second-order valence-corrected chi connectivity index (χ2v) is 7.52. The van der Waals surface area contributed by atoms with E-state index in [-0.39, 0.29) is 5.91 Å². The zero-order chi connectivity index (χ0) is 18.9. The maximum Gasteiger partial charge on any atom is 0.226 e. The van der Waals surface area contributed by atoms with E-state index in [0.717, 1.165) is 17.0 Å². The largest absolute Gasteiger partial charge is 0.342 e. The number of amidine groups is 1. The summed E-state index contributed by atoms with van der Waals surface area (Å²) < 4.78 is 0. The van der Waals surface area contributed by atoms with Crippen LogP contribution in [-0.4, -0.2) is 35.5 Å². The van der Waals surface area contributed by atoms with Gasteiger partial charge in [0.2, 0.25) is 5.91 Å². The number of carbonyl (C=O) groups is 1. The lowest BCUT2D eigenvalue weighted by atomic mass is 10.00. The molecule has 1 fully saturated rings. The Bertz CT molecular complexity index is 848. The number of piperidine rings is 1. The second kappa shape index (κ2) is 7.16. The van der Waals surface area contributed by atoms with E-state index in [1.54, 1.807) is 0 Å². The number of carbonyl (C=O) groups excluding carboxylic acids is 1. The number of nitrogens with zero attached hydrogens (tertiary/aromatic N) is 2. The van der Waals surface area contributed by atoms with Gasteiger partial charge in [0.15, 0.2) is 11.6 Å². The molecule has 2 heterocycles. The van der Waals surface area contributed by atoms with Crippen molar-refractivity contribution in [3.05, 3.63) is 70.8 Å². The molecule has 1 spiro atoms. The molecule has 140 valence electrons. The summed E-state index contributed by atoms with van der Waals surface area (Å²) in [4.78, 5) is 25.2. The Kier molecular flexibility index (Phi) is 4.70. The average molecular weight is 363 g/mol. The highest BCUT2D eigenvalue weighted by Crippen LogP contribution is 2.31. The van der Waals surface area contributed by atoms with Gasteiger partial charge in [0.25, 0.3) is 0 Å². The van der Waals surface area contributed by atoms with Crippen molar-refractivity contribution in [3.8, 4) is 0 Å². The molecule has 5 heteroatoms. The van der Waals surface area contributed by atoms with Crippen molar-refractivity contribution >= 4 is 11.7 Å². The molecular formula is C22H25N3O2.